The van der Waals surface area contributed by atoms with Gasteiger partial charge in [0.25, 0.3) is 0 Å². The maximum atomic E-state index is 11.1. The van der Waals surface area contributed by atoms with Gasteiger partial charge in [0.1, 0.15) is 5.54 Å². The highest BCUT2D eigenvalue weighted by atomic mass is 16.4. The van der Waals surface area contributed by atoms with E-state index < -0.39 is 11.5 Å². The number of hydrogen-bond acceptors (Lipinski definition) is 3. The molecule has 3 N–H and O–H groups in total. The molecule has 1 rings (SSSR count). The van der Waals surface area contributed by atoms with Crippen molar-refractivity contribution in [2.45, 2.75) is 64.8 Å². The molecule has 19 heavy (non-hydrogen) atoms. The lowest BCUT2D eigenvalue weighted by molar-refractivity contribution is -0.143. The minimum atomic E-state index is -1.04. The van der Waals surface area contributed by atoms with E-state index in [9.17, 15) is 4.79 Å². The number of hydrogen-bond donors (Lipinski definition) is 2. The number of nitrogens with zero attached hydrogens (tertiary/aromatic N) is 1. The highest BCUT2D eigenvalue weighted by molar-refractivity contribution is 5.78. The van der Waals surface area contributed by atoms with Crippen LogP contribution >= 0.6 is 0 Å². The Bertz CT molecular complexity index is 305. The molecule has 0 aromatic heterocycles. The molecule has 4 heteroatoms. The largest absolute Gasteiger partial charge is 0.480 e. The van der Waals surface area contributed by atoms with Crippen LogP contribution in [-0.2, 0) is 4.79 Å². The summed E-state index contributed by atoms with van der Waals surface area (Å²) in [5, 5.41) is 9.14. The predicted octanol–water partition coefficient (Wildman–Crippen LogP) is 2.47. The molecule has 1 atom stereocenters. The lowest BCUT2D eigenvalue weighted by atomic mass is 9.85. The van der Waals surface area contributed by atoms with Gasteiger partial charge in [-0.25, -0.2) is 0 Å². The third kappa shape index (κ3) is 5.11. The fourth-order valence-corrected chi connectivity index (χ4v) is 2.76. The molecule has 0 radical (unpaired) electrons. The normalized spacial score (nSPS) is 23.6. The number of likely N-dealkylation sites (tertiary alicyclic amines) is 1. The van der Waals surface area contributed by atoms with Crippen molar-refractivity contribution < 1.29 is 9.90 Å². The summed E-state index contributed by atoms with van der Waals surface area (Å²) in [6.07, 6.45) is 5.69. The summed E-state index contributed by atoms with van der Waals surface area (Å²) >= 11 is 0. The molecule has 1 aliphatic heterocycles. The zero-order valence-corrected chi connectivity index (χ0v) is 12.7. The fraction of sp³-hybridized carbons (Fsp3) is 0.933. The van der Waals surface area contributed by atoms with Gasteiger partial charge in [0.15, 0.2) is 0 Å². The standard InChI is InChI=1S/C15H30N2O2/c1-4-15(16,13(18)19)8-6-11-17-10-5-7-14(2,3)9-12-17/h4-12,16H2,1-3H3,(H,18,19). The minimum absolute atomic E-state index is 0.455. The van der Waals surface area contributed by atoms with Crippen molar-refractivity contribution in [3.05, 3.63) is 0 Å². The quantitative estimate of drug-likeness (QED) is 0.778. The summed E-state index contributed by atoms with van der Waals surface area (Å²) < 4.78 is 0. The Morgan fingerprint density at radius 3 is 2.63 bits per heavy atom. The van der Waals surface area contributed by atoms with Crippen LogP contribution in [0.5, 0.6) is 0 Å². The van der Waals surface area contributed by atoms with Gasteiger partial charge >= 0.3 is 5.97 Å². The molecule has 0 amide bonds. The van der Waals surface area contributed by atoms with Gasteiger partial charge in [0.05, 0.1) is 0 Å². The molecule has 0 aromatic carbocycles. The van der Waals surface area contributed by atoms with Crippen LogP contribution in [0.25, 0.3) is 0 Å². The summed E-state index contributed by atoms with van der Waals surface area (Å²) in [7, 11) is 0. The molecule has 112 valence electrons. The second-order valence-corrected chi connectivity index (χ2v) is 6.78. The highest BCUT2D eigenvalue weighted by Gasteiger charge is 2.31. The third-order valence-electron chi connectivity index (χ3n) is 4.59. The van der Waals surface area contributed by atoms with Gasteiger partial charge < -0.3 is 15.7 Å². The van der Waals surface area contributed by atoms with Crippen LogP contribution in [0, 0.1) is 5.41 Å². The molecule has 1 heterocycles. The lowest BCUT2D eigenvalue weighted by Crippen LogP contribution is -2.47. The van der Waals surface area contributed by atoms with Crippen LogP contribution in [-0.4, -0.2) is 41.1 Å². The lowest BCUT2D eigenvalue weighted by Gasteiger charge is -2.26. The number of aliphatic carboxylic acids is 1. The monoisotopic (exact) mass is 270 g/mol. The Kier molecular flexibility index (Phi) is 5.81. The number of rotatable bonds is 6. The second-order valence-electron chi connectivity index (χ2n) is 6.78. The van der Waals surface area contributed by atoms with Gasteiger partial charge in [-0.05, 0) is 63.6 Å². The van der Waals surface area contributed by atoms with E-state index in [1.54, 1.807) is 0 Å². The summed E-state index contributed by atoms with van der Waals surface area (Å²) in [6, 6.07) is 0. The number of carboxylic acids is 1. The second kappa shape index (κ2) is 6.71. The van der Waals surface area contributed by atoms with E-state index in [-0.39, 0.29) is 0 Å². The summed E-state index contributed by atoms with van der Waals surface area (Å²) in [5.41, 5.74) is 5.33. The van der Waals surface area contributed by atoms with Gasteiger partial charge in [-0.15, -0.1) is 0 Å². The first-order chi connectivity index (χ1) is 8.79. The van der Waals surface area contributed by atoms with Gasteiger partial charge in [-0.3, -0.25) is 4.79 Å². The average molecular weight is 270 g/mol. The van der Waals surface area contributed by atoms with E-state index in [2.05, 4.69) is 18.7 Å². The van der Waals surface area contributed by atoms with Gasteiger partial charge in [-0.2, -0.15) is 0 Å². The van der Waals surface area contributed by atoms with Crippen LogP contribution in [0.2, 0.25) is 0 Å². The first-order valence-corrected chi connectivity index (χ1v) is 7.54. The SMILES string of the molecule is CCC(N)(CCCN1CCCC(C)(C)CC1)C(=O)O. The first kappa shape index (κ1) is 16.4. The van der Waals surface area contributed by atoms with Crippen molar-refractivity contribution in [1.82, 2.24) is 4.90 Å². The minimum Gasteiger partial charge on any atom is -0.480 e. The van der Waals surface area contributed by atoms with Gasteiger partial charge in [0, 0.05) is 0 Å². The summed E-state index contributed by atoms with van der Waals surface area (Å²) in [4.78, 5) is 13.6. The van der Waals surface area contributed by atoms with Gasteiger partial charge in [0.2, 0.25) is 0 Å². The molecule has 1 fully saturated rings. The molecular formula is C15H30N2O2. The van der Waals surface area contributed by atoms with Gasteiger partial charge in [-0.1, -0.05) is 20.8 Å². The molecule has 0 saturated carbocycles. The van der Waals surface area contributed by atoms with Crippen LogP contribution in [0.1, 0.15) is 59.3 Å². The Morgan fingerprint density at radius 2 is 2.05 bits per heavy atom. The molecule has 0 bridgehead atoms. The Balaban J connectivity index is 2.35. The maximum absolute atomic E-state index is 11.1. The Hall–Kier alpha value is -0.610. The summed E-state index contributed by atoms with van der Waals surface area (Å²) in [6.45, 7) is 9.76. The molecule has 0 aliphatic carbocycles. The Morgan fingerprint density at radius 1 is 1.37 bits per heavy atom. The maximum Gasteiger partial charge on any atom is 0.323 e. The summed E-state index contributed by atoms with van der Waals surface area (Å²) in [5.74, 6) is -0.869. The van der Waals surface area contributed by atoms with Crippen LogP contribution in [0.3, 0.4) is 0 Å². The number of nitrogens with two attached hydrogens (primary N) is 1. The van der Waals surface area contributed by atoms with E-state index >= 15 is 0 Å². The molecular weight excluding hydrogens is 240 g/mol. The topological polar surface area (TPSA) is 66.6 Å². The fourth-order valence-electron chi connectivity index (χ4n) is 2.76. The number of carboxylic acid groups (broad SMARTS) is 1. The molecule has 1 unspecified atom stereocenters. The predicted molar refractivity (Wildman–Crippen MR) is 78.2 cm³/mol. The van der Waals surface area contributed by atoms with Crippen molar-refractivity contribution in [3.8, 4) is 0 Å². The molecule has 1 aliphatic rings. The smallest absolute Gasteiger partial charge is 0.323 e. The van der Waals surface area contributed by atoms with Crippen LogP contribution in [0.15, 0.2) is 0 Å². The Labute approximate surface area is 117 Å². The molecule has 0 spiro atoms. The van der Waals surface area contributed by atoms with E-state index in [1.165, 1.54) is 19.3 Å². The zero-order chi connectivity index (χ0) is 14.5. The van der Waals surface area contributed by atoms with Crippen molar-refractivity contribution in [3.63, 3.8) is 0 Å². The molecule has 1 saturated heterocycles. The van der Waals surface area contributed by atoms with E-state index in [1.807, 2.05) is 6.92 Å². The van der Waals surface area contributed by atoms with Crippen LogP contribution in [0.4, 0.5) is 0 Å². The first-order valence-electron chi connectivity index (χ1n) is 7.54. The van der Waals surface area contributed by atoms with E-state index in [0.29, 0.717) is 18.3 Å². The van der Waals surface area contributed by atoms with Crippen molar-refractivity contribution >= 4 is 5.97 Å². The third-order valence-corrected chi connectivity index (χ3v) is 4.59. The highest BCUT2D eigenvalue weighted by Crippen LogP contribution is 2.29. The van der Waals surface area contributed by atoms with Crippen LogP contribution < -0.4 is 5.73 Å². The van der Waals surface area contributed by atoms with Crippen molar-refractivity contribution in [2.24, 2.45) is 11.1 Å². The van der Waals surface area contributed by atoms with Crippen molar-refractivity contribution in [2.75, 3.05) is 19.6 Å². The van der Waals surface area contributed by atoms with E-state index in [4.69, 9.17) is 10.8 Å². The molecule has 0 aromatic rings. The zero-order valence-electron chi connectivity index (χ0n) is 12.7. The van der Waals surface area contributed by atoms with Crippen molar-refractivity contribution in [1.29, 1.82) is 0 Å². The molecule has 4 nitrogen and oxygen atoms in total. The number of carbonyl (C=O) groups is 1. The average Bonchev–Trinajstić information content (AvgIpc) is 2.50. The van der Waals surface area contributed by atoms with E-state index in [0.717, 1.165) is 26.1 Å².